The number of carbonyl (C=O) groups is 1. The summed E-state index contributed by atoms with van der Waals surface area (Å²) < 4.78 is 5.67. The van der Waals surface area contributed by atoms with Gasteiger partial charge in [0.15, 0.2) is 0 Å². The van der Waals surface area contributed by atoms with E-state index in [0.717, 1.165) is 43.3 Å². The minimum atomic E-state index is 0.156. The van der Waals surface area contributed by atoms with E-state index in [1.807, 2.05) is 54.3 Å². The molecule has 0 saturated carbocycles. The van der Waals surface area contributed by atoms with Crippen LogP contribution in [0.5, 0.6) is 5.75 Å². The van der Waals surface area contributed by atoms with Crippen LogP contribution in [0.2, 0.25) is 0 Å². The predicted molar refractivity (Wildman–Crippen MR) is 94.3 cm³/mol. The molecule has 2 aromatic rings. The van der Waals surface area contributed by atoms with E-state index in [9.17, 15) is 4.79 Å². The number of hydrogen-bond donors (Lipinski definition) is 0. The second-order valence-corrected chi connectivity index (χ2v) is 5.97. The lowest BCUT2D eigenvalue weighted by Gasteiger charge is -2.35. The van der Waals surface area contributed by atoms with Crippen LogP contribution in [0.4, 0.5) is 5.82 Å². The summed E-state index contributed by atoms with van der Waals surface area (Å²) in [6.07, 6.45) is 2.22. The van der Waals surface area contributed by atoms with Crippen molar-refractivity contribution in [3.63, 3.8) is 0 Å². The van der Waals surface area contributed by atoms with Crippen LogP contribution < -0.4 is 9.64 Å². The monoisotopic (exact) mass is 325 g/mol. The fraction of sp³-hybridized carbons (Fsp3) is 0.368. The molecule has 1 saturated heterocycles. The normalized spacial score (nSPS) is 14.5. The largest absolute Gasteiger partial charge is 0.493 e. The highest BCUT2D eigenvalue weighted by atomic mass is 16.5. The Hall–Kier alpha value is -2.56. The molecule has 5 heteroatoms. The second kappa shape index (κ2) is 7.81. The van der Waals surface area contributed by atoms with Crippen LogP contribution in [-0.4, -0.2) is 48.6 Å². The number of benzene rings is 1. The summed E-state index contributed by atoms with van der Waals surface area (Å²) >= 11 is 0. The van der Waals surface area contributed by atoms with E-state index in [0.29, 0.717) is 13.0 Å². The molecule has 1 aliphatic rings. The Bertz CT molecular complexity index is 667. The molecular weight excluding hydrogens is 302 g/mol. The summed E-state index contributed by atoms with van der Waals surface area (Å²) in [5.41, 5.74) is 1.16. The lowest BCUT2D eigenvalue weighted by atomic mass is 10.2. The van der Waals surface area contributed by atoms with Gasteiger partial charge >= 0.3 is 0 Å². The Morgan fingerprint density at radius 2 is 1.96 bits per heavy atom. The SMILES string of the molecule is Cc1cccc(OCCC(=O)N2CCN(c3ccccn3)CC2)c1. The minimum Gasteiger partial charge on any atom is -0.493 e. The van der Waals surface area contributed by atoms with Gasteiger partial charge < -0.3 is 14.5 Å². The molecule has 0 radical (unpaired) electrons. The van der Waals surface area contributed by atoms with E-state index in [2.05, 4.69) is 9.88 Å². The topological polar surface area (TPSA) is 45.7 Å². The number of nitrogens with zero attached hydrogens (tertiary/aromatic N) is 3. The molecule has 0 spiro atoms. The average Bonchev–Trinajstić information content (AvgIpc) is 2.63. The third-order valence-corrected chi connectivity index (χ3v) is 4.18. The smallest absolute Gasteiger partial charge is 0.226 e. The van der Waals surface area contributed by atoms with E-state index in [1.165, 1.54) is 0 Å². The zero-order valence-corrected chi connectivity index (χ0v) is 14.0. The van der Waals surface area contributed by atoms with Gasteiger partial charge in [-0.15, -0.1) is 0 Å². The Morgan fingerprint density at radius 1 is 1.12 bits per heavy atom. The van der Waals surface area contributed by atoms with Gasteiger partial charge in [0.1, 0.15) is 11.6 Å². The van der Waals surface area contributed by atoms with E-state index in [4.69, 9.17) is 4.74 Å². The van der Waals surface area contributed by atoms with Crippen molar-refractivity contribution in [3.05, 3.63) is 54.2 Å². The number of amides is 1. The summed E-state index contributed by atoms with van der Waals surface area (Å²) in [6, 6.07) is 13.8. The van der Waals surface area contributed by atoms with Crippen LogP contribution in [0, 0.1) is 6.92 Å². The van der Waals surface area contributed by atoms with E-state index in [1.54, 1.807) is 6.20 Å². The predicted octanol–water partition coefficient (Wildman–Crippen LogP) is 2.51. The van der Waals surface area contributed by atoms with Gasteiger partial charge in [-0.25, -0.2) is 4.98 Å². The Morgan fingerprint density at radius 3 is 2.67 bits per heavy atom. The number of pyridine rings is 1. The van der Waals surface area contributed by atoms with Crippen LogP contribution >= 0.6 is 0 Å². The summed E-state index contributed by atoms with van der Waals surface area (Å²) in [6.45, 7) is 5.56. The van der Waals surface area contributed by atoms with Gasteiger partial charge in [0, 0.05) is 32.4 Å². The maximum atomic E-state index is 12.3. The van der Waals surface area contributed by atoms with Gasteiger partial charge in [-0.2, -0.15) is 0 Å². The molecule has 1 aliphatic heterocycles. The average molecular weight is 325 g/mol. The van der Waals surface area contributed by atoms with Crippen molar-refractivity contribution in [2.24, 2.45) is 0 Å². The molecule has 0 unspecified atom stereocenters. The molecular formula is C19H23N3O2. The number of piperazine rings is 1. The molecule has 1 amide bonds. The van der Waals surface area contributed by atoms with Crippen molar-refractivity contribution < 1.29 is 9.53 Å². The molecule has 0 atom stereocenters. The molecule has 1 fully saturated rings. The third-order valence-electron chi connectivity index (χ3n) is 4.18. The molecule has 24 heavy (non-hydrogen) atoms. The highest BCUT2D eigenvalue weighted by Crippen LogP contribution is 2.14. The molecule has 3 rings (SSSR count). The highest BCUT2D eigenvalue weighted by molar-refractivity contribution is 5.76. The Labute approximate surface area is 142 Å². The molecule has 2 heterocycles. The fourth-order valence-electron chi connectivity index (χ4n) is 2.85. The zero-order valence-electron chi connectivity index (χ0n) is 14.0. The first-order valence-corrected chi connectivity index (χ1v) is 8.35. The van der Waals surface area contributed by atoms with Crippen molar-refractivity contribution in [2.75, 3.05) is 37.7 Å². The first kappa shape index (κ1) is 16.3. The molecule has 5 nitrogen and oxygen atoms in total. The second-order valence-electron chi connectivity index (χ2n) is 5.97. The van der Waals surface area contributed by atoms with Crippen molar-refractivity contribution in [1.82, 2.24) is 9.88 Å². The maximum absolute atomic E-state index is 12.3. The molecule has 0 N–H and O–H groups in total. The van der Waals surface area contributed by atoms with Crippen molar-refractivity contribution >= 4 is 11.7 Å². The van der Waals surface area contributed by atoms with E-state index in [-0.39, 0.29) is 5.91 Å². The van der Waals surface area contributed by atoms with Crippen LogP contribution in [-0.2, 0) is 4.79 Å². The van der Waals surface area contributed by atoms with Crippen molar-refractivity contribution in [3.8, 4) is 5.75 Å². The lowest BCUT2D eigenvalue weighted by molar-refractivity contribution is -0.132. The summed E-state index contributed by atoms with van der Waals surface area (Å²) in [7, 11) is 0. The standard InChI is InChI=1S/C19H23N3O2/c1-16-5-4-6-17(15-16)24-14-8-19(23)22-12-10-21(11-13-22)18-7-2-3-9-20-18/h2-7,9,15H,8,10-14H2,1H3. The zero-order chi connectivity index (χ0) is 16.8. The van der Waals surface area contributed by atoms with Crippen LogP contribution in [0.1, 0.15) is 12.0 Å². The maximum Gasteiger partial charge on any atom is 0.226 e. The molecule has 1 aromatic heterocycles. The molecule has 1 aromatic carbocycles. The number of anilines is 1. The number of aromatic nitrogens is 1. The quantitative estimate of drug-likeness (QED) is 0.847. The van der Waals surface area contributed by atoms with Gasteiger partial charge in [-0.1, -0.05) is 18.2 Å². The van der Waals surface area contributed by atoms with Crippen LogP contribution in [0.15, 0.2) is 48.7 Å². The van der Waals surface area contributed by atoms with Crippen molar-refractivity contribution in [1.29, 1.82) is 0 Å². The first-order chi connectivity index (χ1) is 11.7. The van der Waals surface area contributed by atoms with Gasteiger partial charge in [0.05, 0.1) is 13.0 Å². The van der Waals surface area contributed by atoms with E-state index < -0.39 is 0 Å². The number of rotatable bonds is 5. The van der Waals surface area contributed by atoms with Crippen LogP contribution in [0.3, 0.4) is 0 Å². The van der Waals surface area contributed by atoms with Crippen LogP contribution in [0.25, 0.3) is 0 Å². The molecule has 0 bridgehead atoms. The first-order valence-electron chi connectivity index (χ1n) is 8.35. The Balaban J connectivity index is 1.42. The number of ether oxygens (including phenoxy) is 1. The number of carbonyl (C=O) groups excluding carboxylic acids is 1. The van der Waals surface area contributed by atoms with Gasteiger partial charge in [0.25, 0.3) is 0 Å². The van der Waals surface area contributed by atoms with Gasteiger partial charge in [0.2, 0.25) is 5.91 Å². The fourth-order valence-corrected chi connectivity index (χ4v) is 2.85. The van der Waals surface area contributed by atoms with E-state index >= 15 is 0 Å². The Kier molecular flexibility index (Phi) is 5.31. The lowest BCUT2D eigenvalue weighted by Crippen LogP contribution is -2.49. The van der Waals surface area contributed by atoms with Crippen molar-refractivity contribution in [2.45, 2.75) is 13.3 Å². The molecule has 126 valence electrons. The minimum absolute atomic E-state index is 0.156. The summed E-state index contributed by atoms with van der Waals surface area (Å²) in [5.74, 6) is 1.96. The summed E-state index contributed by atoms with van der Waals surface area (Å²) in [4.78, 5) is 20.8. The number of hydrogen-bond acceptors (Lipinski definition) is 4. The third kappa shape index (κ3) is 4.25. The summed E-state index contributed by atoms with van der Waals surface area (Å²) in [5, 5.41) is 0. The van der Waals surface area contributed by atoms with Gasteiger partial charge in [-0.3, -0.25) is 4.79 Å². The molecule has 0 aliphatic carbocycles. The highest BCUT2D eigenvalue weighted by Gasteiger charge is 2.21. The van der Waals surface area contributed by atoms with Gasteiger partial charge in [-0.05, 0) is 36.8 Å². The number of aryl methyl sites for hydroxylation is 1.